The number of benzene rings is 3. The number of halogens is 3. The average molecular weight is 601 g/mol. The van der Waals surface area contributed by atoms with Crippen LogP contribution in [0, 0.1) is 24.4 Å². The van der Waals surface area contributed by atoms with Gasteiger partial charge in [-0.1, -0.05) is 30.0 Å². The summed E-state index contributed by atoms with van der Waals surface area (Å²) in [7, 11) is 2.16. The van der Waals surface area contributed by atoms with Crippen LogP contribution in [-0.2, 0) is 4.79 Å². The monoisotopic (exact) mass is 600 g/mol. The maximum Gasteiger partial charge on any atom is 0.279 e. The molecule has 0 saturated carbocycles. The van der Waals surface area contributed by atoms with Crippen LogP contribution in [0.2, 0.25) is 0 Å². The number of nitrogens with zero attached hydrogens (tertiary/aromatic N) is 3. The summed E-state index contributed by atoms with van der Waals surface area (Å²) in [5.74, 6) is -3.23. The number of thioether (sulfide) groups is 1. The number of nitrogens with one attached hydrogen (secondary N) is 1. The van der Waals surface area contributed by atoms with Crippen molar-refractivity contribution in [3.8, 4) is 5.75 Å². The highest BCUT2D eigenvalue weighted by molar-refractivity contribution is 8.14. The number of carbonyl (C=O) groups excluding carboxylic acids is 2. The number of hydrogen-bond donors (Lipinski definition) is 1. The van der Waals surface area contributed by atoms with Crippen LogP contribution in [0.3, 0.4) is 0 Å². The number of para-hydroxylation sites is 1. The van der Waals surface area contributed by atoms with E-state index >= 15 is 0 Å². The summed E-state index contributed by atoms with van der Waals surface area (Å²) in [4.78, 5) is 26.2. The minimum Gasteiger partial charge on any atom is -0.483 e. The van der Waals surface area contributed by atoms with E-state index in [1.807, 2.05) is 6.92 Å². The van der Waals surface area contributed by atoms with Crippen LogP contribution in [0.4, 0.5) is 18.2 Å². The number of anilines is 1. The minimum atomic E-state index is -1.04. The van der Waals surface area contributed by atoms with Crippen LogP contribution >= 0.6 is 32.5 Å². The van der Waals surface area contributed by atoms with Crippen molar-refractivity contribution in [2.45, 2.75) is 12.3 Å². The lowest BCUT2D eigenvalue weighted by Gasteiger charge is -2.24. The summed E-state index contributed by atoms with van der Waals surface area (Å²) in [6.07, 6.45) is 0. The Morgan fingerprint density at radius 2 is 1.80 bits per heavy atom. The van der Waals surface area contributed by atoms with E-state index in [1.54, 1.807) is 30.3 Å². The summed E-state index contributed by atoms with van der Waals surface area (Å²) in [5.41, 5.74) is 1.43. The minimum absolute atomic E-state index is 0.0243. The number of carbonyl (C=O) groups is 2. The number of amides is 2. The van der Waals surface area contributed by atoms with E-state index in [1.165, 1.54) is 24.3 Å². The summed E-state index contributed by atoms with van der Waals surface area (Å²) in [6, 6.07) is 15.7. The fourth-order valence-corrected chi connectivity index (χ4v) is 6.17. The highest BCUT2D eigenvalue weighted by Crippen LogP contribution is 2.45. The van der Waals surface area contributed by atoms with Gasteiger partial charge in [0.25, 0.3) is 11.8 Å². The van der Waals surface area contributed by atoms with Gasteiger partial charge in [0, 0.05) is 17.2 Å². The van der Waals surface area contributed by atoms with Crippen molar-refractivity contribution in [1.82, 2.24) is 9.38 Å². The van der Waals surface area contributed by atoms with Crippen molar-refractivity contribution >= 4 is 59.7 Å². The van der Waals surface area contributed by atoms with E-state index in [9.17, 15) is 22.8 Å². The molecule has 0 aliphatic carbocycles. The Morgan fingerprint density at radius 1 is 1.05 bits per heavy atom. The van der Waals surface area contributed by atoms with E-state index in [2.05, 4.69) is 24.0 Å². The molecule has 204 valence electrons. The van der Waals surface area contributed by atoms with E-state index < -0.39 is 34.6 Å². The van der Waals surface area contributed by atoms with Gasteiger partial charge in [0.1, 0.15) is 38.6 Å². The van der Waals surface area contributed by atoms with Gasteiger partial charge < -0.3 is 10.1 Å². The molecule has 2 atom stereocenters. The molecule has 2 unspecified atom stereocenters. The Bertz CT molecular complexity index is 1610. The Hall–Kier alpha value is -3.73. The third-order valence-corrected chi connectivity index (χ3v) is 8.15. The summed E-state index contributed by atoms with van der Waals surface area (Å²) >= 11 is 2.31. The largest absolute Gasteiger partial charge is 0.483 e. The highest BCUT2D eigenvalue weighted by atomic mass is 32.2. The molecule has 4 aromatic rings. The molecule has 13 heteroatoms. The lowest BCUT2D eigenvalue weighted by atomic mass is 10.1. The molecule has 5 rings (SSSR count). The molecule has 2 heterocycles. The second-order valence-electron chi connectivity index (χ2n) is 8.59. The SMILES string of the molecule is Cc1cc(NC(=O)COc2ccccc2C2SC(c3ccc(F)cc3)=NN2C(=O)c2c(F)cc(F)cc2P)sn1. The van der Waals surface area contributed by atoms with Crippen molar-refractivity contribution in [3.63, 3.8) is 0 Å². The topological polar surface area (TPSA) is 83.9 Å². The van der Waals surface area contributed by atoms with Gasteiger partial charge in [0.05, 0.1) is 11.3 Å². The third kappa shape index (κ3) is 6.04. The molecule has 1 aliphatic rings. The Labute approximate surface area is 237 Å². The van der Waals surface area contributed by atoms with Gasteiger partial charge in [-0.05, 0) is 66.2 Å². The van der Waals surface area contributed by atoms with Crippen LogP contribution < -0.4 is 15.4 Å². The van der Waals surface area contributed by atoms with Gasteiger partial charge in [-0.15, -0.1) is 9.24 Å². The Balaban J connectivity index is 1.46. The predicted molar refractivity (Wildman–Crippen MR) is 153 cm³/mol. The van der Waals surface area contributed by atoms with Crippen molar-refractivity contribution in [2.24, 2.45) is 5.10 Å². The van der Waals surface area contributed by atoms with Gasteiger partial charge in [0.15, 0.2) is 6.61 Å². The summed E-state index contributed by atoms with van der Waals surface area (Å²) in [5, 5.41) is 8.38. The maximum atomic E-state index is 14.8. The smallest absolute Gasteiger partial charge is 0.279 e. The molecule has 40 heavy (non-hydrogen) atoms. The van der Waals surface area contributed by atoms with Crippen LogP contribution in [0.5, 0.6) is 5.75 Å². The molecule has 3 aromatic carbocycles. The molecule has 0 radical (unpaired) electrons. The van der Waals surface area contributed by atoms with E-state index in [4.69, 9.17) is 4.74 Å². The molecule has 0 bridgehead atoms. The van der Waals surface area contributed by atoms with Gasteiger partial charge in [-0.25, -0.2) is 18.2 Å². The Kier molecular flexibility index (Phi) is 8.20. The standard InChI is InChI=1S/C27H20F3N4O3PS2/c1-14-10-23(40-33-14)31-22(35)13-37-20-5-3-2-4-18(20)27-34(26(36)24-19(30)11-17(29)12-21(24)38)32-25(39-27)15-6-8-16(28)9-7-15/h2-12,27H,13,38H2,1H3,(H,31,35). The van der Waals surface area contributed by atoms with Crippen LogP contribution in [0.15, 0.2) is 71.8 Å². The molecular weight excluding hydrogens is 580 g/mol. The molecule has 1 aromatic heterocycles. The van der Waals surface area contributed by atoms with Gasteiger partial charge in [0.2, 0.25) is 0 Å². The molecule has 1 aliphatic heterocycles. The first-order valence-corrected chi connectivity index (χ1v) is 14.0. The molecule has 2 amide bonds. The average Bonchev–Trinajstić information content (AvgIpc) is 3.54. The van der Waals surface area contributed by atoms with Gasteiger partial charge in [-0.3, -0.25) is 9.59 Å². The maximum absolute atomic E-state index is 14.8. The molecule has 0 fully saturated rings. The first-order valence-electron chi connectivity index (χ1n) is 11.7. The number of aromatic nitrogens is 1. The number of hydrazone groups is 1. The van der Waals surface area contributed by atoms with Crippen LogP contribution in [-0.4, -0.2) is 32.8 Å². The van der Waals surface area contributed by atoms with Crippen molar-refractivity contribution in [2.75, 3.05) is 11.9 Å². The lowest BCUT2D eigenvalue weighted by Crippen LogP contribution is -2.30. The van der Waals surface area contributed by atoms with E-state index in [-0.39, 0.29) is 17.5 Å². The third-order valence-electron chi connectivity index (χ3n) is 5.68. The number of rotatable bonds is 7. The number of ether oxygens (including phenoxy) is 1. The number of hydrogen-bond acceptors (Lipinski definition) is 7. The zero-order valence-electron chi connectivity index (χ0n) is 20.7. The second-order valence-corrected chi connectivity index (χ2v) is 11.1. The highest BCUT2D eigenvalue weighted by Gasteiger charge is 2.38. The summed E-state index contributed by atoms with van der Waals surface area (Å²) in [6.45, 7) is 1.48. The van der Waals surface area contributed by atoms with Crippen molar-refractivity contribution < 1.29 is 27.5 Å². The lowest BCUT2D eigenvalue weighted by molar-refractivity contribution is -0.118. The number of aryl methyl sites for hydroxylation is 1. The first kappa shape index (κ1) is 27.8. The van der Waals surface area contributed by atoms with Gasteiger partial charge >= 0.3 is 0 Å². The van der Waals surface area contributed by atoms with Gasteiger partial charge in [-0.2, -0.15) is 9.47 Å². The zero-order valence-corrected chi connectivity index (χ0v) is 23.5. The van der Waals surface area contributed by atoms with Crippen LogP contribution in [0.1, 0.15) is 32.6 Å². The fraction of sp³-hybridized carbons (Fsp3) is 0.111. The fourth-order valence-electron chi connectivity index (χ4n) is 3.88. The zero-order chi connectivity index (χ0) is 28.4. The van der Waals surface area contributed by atoms with Crippen molar-refractivity contribution in [1.29, 1.82) is 0 Å². The molecule has 0 saturated heterocycles. The predicted octanol–water partition coefficient (Wildman–Crippen LogP) is 5.64. The molecular formula is C27H20F3N4O3PS2. The second kappa shape index (κ2) is 11.8. The molecule has 7 nitrogen and oxygen atoms in total. The first-order chi connectivity index (χ1) is 19.2. The van der Waals surface area contributed by atoms with E-state index in [0.29, 0.717) is 33.0 Å². The Morgan fingerprint density at radius 3 is 2.50 bits per heavy atom. The van der Waals surface area contributed by atoms with Crippen LogP contribution in [0.25, 0.3) is 0 Å². The van der Waals surface area contributed by atoms with Crippen molar-refractivity contribution in [3.05, 3.63) is 107 Å². The van der Waals surface area contributed by atoms with E-state index in [0.717, 1.165) is 40.1 Å². The normalized spacial score (nSPS) is 14.7. The quantitative estimate of drug-likeness (QED) is 0.278. The summed E-state index contributed by atoms with van der Waals surface area (Å²) < 4.78 is 52.1. The molecule has 1 N–H and O–H groups in total. The molecule has 0 spiro atoms.